The van der Waals surface area contributed by atoms with Crippen LogP contribution in [0.2, 0.25) is 0 Å². The van der Waals surface area contributed by atoms with Crippen LogP contribution in [0.25, 0.3) is 0 Å². The summed E-state index contributed by atoms with van der Waals surface area (Å²) in [5.41, 5.74) is 6.54. The van der Waals surface area contributed by atoms with Crippen molar-refractivity contribution in [2.75, 3.05) is 18.0 Å². The molecule has 5 nitrogen and oxygen atoms in total. The van der Waals surface area contributed by atoms with Crippen LogP contribution in [0, 0.1) is 5.82 Å². The number of carbonyl (C=O) groups excluding carboxylic acids is 1. The minimum Gasteiger partial charge on any atom is -0.374 e. The number of amides is 1. The van der Waals surface area contributed by atoms with E-state index < -0.39 is 0 Å². The highest BCUT2D eigenvalue weighted by Gasteiger charge is 2.35. The van der Waals surface area contributed by atoms with E-state index in [1.54, 1.807) is 0 Å². The largest absolute Gasteiger partial charge is 0.374 e. The number of nitrogens with one attached hydrogen (secondary N) is 1. The molecule has 128 valence electrons. The van der Waals surface area contributed by atoms with Crippen molar-refractivity contribution >= 4 is 34.1 Å². The quantitative estimate of drug-likeness (QED) is 0.768. The third-order valence-corrected chi connectivity index (χ3v) is 6.28. The average molecular weight is 366 g/mol. The minimum atomic E-state index is -0.233. The van der Waals surface area contributed by atoms with Gasteiger partial charge in [0.2, 0.25) is 11.0 Å². The van der Waals surface area contributed by atoms with Gasteiger partial charge in [-0.15, -0.1) is 10.2 Å². The number of nitrogens with two attached hydrogens (primary N) is 1. The van der Waals surface area contributed by atoms with E-state index in [0.29, 0.717) is 16.0 Å². The van der Waals surface area contributed by atoms with Gasteiger partial charge in [0.25, 0.3) is 0 Å². The molecule has 1 fully saturated rings. The fourth-order valence-corrected chi connectivity index (χ4v) is 4.61. The average Bonchev–Trinajstić information content (AvgIpc) is 3.21. The second-order valence-corrected chi connectivity index (χ2v) is 8.20. The zero-order valence-corrected chi connectivity index (χ0v) is 14.8. The van der Waals surface area contributed by atoms with Gasteiger partial charge < -0.3 is 11.1 Å². The number of benzene rings is 1. The van der Waals surface area contributed by atoms with Crippen molar-refractivity contribution in [3.63, 3.8) is 0 Å². The lowest BCUT2D eigenvalue weighted by atomic mass is 9.79. The Labute approximate surface area is 148 Å². The number of halogens is 1. The molecule has 0 unspecified atom stereocenters. The third-order valence-electron chi connectivity index (χ3n) is 4.39. The van der Waals surface area contributed by atoms with Crippen molar-refractivity contribution in [3.8, 4) is 0 Å². The summed E-state index contributed by atoms with van der Waals surface area (Å²) in [4.78, 5) is 12.1. The zero-order valence-electron chi connectivity index (χ0n) is 13.1. The lowest BCUT2D eigenvalue weighted by Gasteiger charge is -2.30. The Morgan fingerprint density at radius 1 is 1.29 bits per heavy atom. The molecule has 3 N–H and O–H groups in total. The molecule has 1 aromatic carbocycles. The van der Waals surface area contributed by atoms with Gasteiger partial charge in [-0.25, -0.2) is 4.39 Å². The standard InChI is InChI=1S/C16H19FN4OS2/c17-12-5-3-11(4-6-12)16(7-1-2-8-16)10-19-13(22)9-23-15-21-20-14(18)24-15/h3-6H,1-2,7-10H2,(H2,18,20)(H,19,22). The molecule has 0 aliphatic heterocycles. The molecule has 0 bridgehead atoms. The summed E-state index contributed by atoms with van der Waals surface area (Å²) in [6, 6.07) is 6.66. The summed E-state index contributed by atoms with van der Waals surface area (Å²) in [6.45, 7) is 0.580. The summed E-state index contributed by atoms with van der Waals surface area (Å²) >= 11 is 2.61. The summed E-state index contributed by atoms with van der Waals surface area (Å²) < 4.78 is 13.9. The van der Waals surface area contributed by atoms with E-state index >= 15 is 0 Å². The molecule has 1 aromatic heterocycles. The molecule has 3 rings (SSSR count). The van der Waals surface area contributed by atoms with Crippen molar-refractivity contribution in [1.82, 2.24) is 15.5 Å². The number of aromatic nitrogens is 2. The van der Waals surface area contributed by atoms with Crippen LogP contribution in [0.15, 0.2) is 28.6 Å². The van der Waals surface area contributed by atoms with E-state index in [4.69, 9.17) is 5.73 Å². The van der Waals surface area contributed by atoms with Crippen LogP contribution in [-0.2, 0) is 10.2 Å². The number of thioether (sulfide) groups is 1. The molecular formula is C16H19FN4OS2. The molecule has 0 spiro atoms. The normalized spacial score (nSPS) is 16.2. The molecule has 24 heavy (non-hydrogen) atoms. The summed E-state index contributed by atoms with van der Waals surface area (Å²) in [6.07, 6.45) is 4.29. The van der Waals surface area contributed by atoms with Gasteiger partial charge in [0.1, 0.15) is 5.82 Å². The molecule has 1 amide bonds. The number of anilines is 1. The second-order valence-electron chi connectivity index (χ2n) is 5.97. The van der Waals surface area contributed by atoms with E-state index in [-0.39, 0.29) is 22.9 Å². The fraction of sp³-hybridized carbons (Fsp3) is 0.438. The number of nitrogen functional groups attached to an aromatic ring is 1. The van der Waals surface area contributed by atoms with Crippen LogP contribution in [-0.4, -0.2) is 28.4 Å². The predicted octanol–water partition coefficient (Wildman–Crippen LogP) is 2.98. The molecule has 1 aliphatic rings. The Balaban J connectivity index is 1.58. The molecule has 1 saturated carbocycles. The molecule has 1 aliphatic carbocycles. The first-order valence-corrected chi connectivity index (χ1v) is 9.62. The fourth-order valence-electron chi connectivity index (χ4n) is 3.15. The van der Waals surface area contributed by atoms with Crippen LogP contribution < -0.4 is 11.1 Å². The molecular weight excluding hydrogens is 347 g/mol. The SMILES string of the molecule is Nc1nnc(SCC(=O)NCC2(c3ccc(F)cc3)CCCC2)s1. The lowest BCUT2D eigenvalue weighted by molar-refractivity contribution is -0.118. The van der Waals surface area contributed by atoms with Crippen LogP contribution >= 0.6 is 23.1 Å². The van der Waals surface area contributed by atoms with Gasteiger partial charge in [-0.05, 0) is 30.5 Å². The van der Waals surface area contributed by atoms with E-state index in [9.17, 15) is 9.18 Å². The molecule has 2 aromatic rings. The first-order valence-electron chi connectivity index (χ1n) is 7.82. The summed E-state index contributed by atoms with van der Waals surface area (Å²) in [5.74, 6) is 0.0135. The Hall–Kier alpha value is -1.67. The van der Waals surface area contributed by atoms with Crippen molar-refractivity contribution in [3.05, 3.63) is 35.6 Å². The number of carbonyl (C=O) groups is 1. The Bertz CT molecular complexity index is 698. The monoisotopic (exact) mass is 366 g/mol. The summed E-state index contributed by atoms with van der Waals surface area (Å²) in [7, 11) is 0. The number of hydrogen-bond donors (Lipinski definition) is 2. The van der Waals surface area contributed by atoms with Crippen LogP contribution in [0.5, 0.6) is 0 Å². The van der Waals surface area contributed by atoms with Gasteiger partial charge >= 0.3 is 0 Å². The first kappa shape index (κ1) is 17.2. The maximum Gasteiger partial charge on any atom is 0.230 e. The Morgan fingerprint density at radius 2 is 2.00 bits per heavy atom. The van der Waals surface area contributed by atoms with E-state index in [2.05, 4.69) is 15.5 Å². The highest BCUT2D eigenvalue weighted by atomic mass is 32.2. The van der Waals surface area contributed by atoms with Crippen LogP contribution in [0.1, 0.15) is 31.2 Å². The lowest BCUT2D eigenvalue weighted by Crippen LogP contribution is -2.39. The maximum absolute atomic E-state index is 13.2. The van der Waals surface area contributed by atoms with Crippen molar-refractivity contribution < 1.29 is 9.18 Å². The van der Waals surface area contributed by atoms with Crippen molar-refractivity contribution in [2.45, 2.75) is 35.4 Å². The third kappa shape index (κ3) is 4.05. The topological polar surface area (TPSA) is 80.9 Å². The minimum absolute atomic E-state index is 0.0397. The smallest absolute Gasteiger partial charge is 0.230 e. The number of nitrogens with zero attached hydrogens (tertiary/aromatic N) is 2. The Kier molecular flexibility index (Phi) is 5.35. The maximum atomic E-state index is 13.2. The Morgan fingerprint density at radius 3 is 2.62 bits per heavy atom. The summed E-state index contributed by atoms with van der Waals surface area (Å²) in [5, 5.41) is 11.0. The molecule has 0 atom stereocenters. The predicted molar refractivity (Wildman–Crippen MR) is 94.6 cm³/mol. The van der Waals surface area contributed by atoms with Gasteiger partial charge in [0, 0.05) is 12.0 Å². The van der Waals surface area contributed by atoms with E-state index in [1.807, 2.05) is 12.1 Å². The van der Waals surface area contributed by atoms with Gasteiger partial charge in [-0.3, -0.25) is 4.79 Å². The number of hydrogen-bond acceptors (Lipinski definition) is 6. The van der Waals surface area contributed by atoms with Crippen molar-refractivity contribution in [2.24, 2.45) is 0 Å². The van der Waals surface area contributed by atoms with Crippen LogP contribution in [0.3, 0.4) is 0 Å². The highest BCUT2D eigenvalue weighted by Crippen LogP contribution is 2.40. The van der Waals surface area contributed by atoms with Gasteiger partial charge in [0.05, 0.1) is 5.75 Å². The second kappa shape index (κ2) is 7.48. The molecule has 0 saturated heterocycles. The van der Waals surface area contributed by atoms with Gasteiger partial charge in [-0.1, -0.05) is 48.1 Å². The zero-order chi connectivity index (χ0) is 17.0. The molecule has 1 heterocycles. The van der Waals surface area contributed by atoms with Crippen LogP contribution in [0.4, 0.5) is 9.52 Å². The highest BCUT2D eigenvalue weighted by molar-refractivity contribution is 8.01. The van der Waals surface area contributed by atoms with Crippen molar-refractivity contribution in [1.29, 1.82) is 0 Å². The van der Waals surface area contributed by atoms with Gasteiger partial charge in [-0.2, -0.15) is 0 Å². The van der Waals surface area contributed by atoms with Gasteiger partial charge in [0.15, 0.2) is 4.34 Å². The molecule has 0 radical (unpaired) electrons. The van der Waals surface area contributed by atoms with E-state index in [0.717, 1.165) is 31.2 Å². The molecule has 8 heteroatoms. The van der Waals surface area contributed by atoms with E-state index in [1.165, 1.54) is 35.2 Å². The first-order chi connectivity index (χ1) is 11.6. The number of rotatable bonds is 6.